The third-order valence-corrected chi connectivity index (χ3v) is 15.3. The number of carbonyl (C=O) groups is 1. The molecule has 0 aliphatic rings. The Balaban J connectivity index is 1.05. The Morgan fingerprint density at radius 1 is 0.793 bits per heavy atom. The monoisotopic (exact) mass is 797 g/mol. The second-order valence-electron chi connectivity index (χ2n) is 16.1. The molecule has 6 aromatic rings. The zero-order valence-electron chi connectivity index (χ0n) is 34.1. The van der Waals surface area contributed by atoms with Gasteiger partial charge in [0, 0.05) is 23.6 Å². The molecule has 5 aromatic carbocycles. The number of hydrogen-bond donors (Lipinski definition) is 4. The van der Waals surface area contributed by atoms with Crippen LogP contribution in [-0.2, 0) is 23.9 Å². The van der Waals surface area contributed by atoms with Crippen molar-refractivity contribution >= 4 is 31.0 Å². The molecule has 0 fully saturated rings. The predicted molar refractivity (Wildman–Crippen MR) is 237 cm³/mol. The van der Waals surface area contributed by atoms with Gasteiger partial charge >= 0.3 is 6.09 Å². The Labute approximate surface area is 342 Å². The van der Waals surface area contributed by atoms with Crippen LogP contribution in [0.1, 0.15) is 55.5 Å². The average Bonchev–Trinajstić information content (AvgIpc) is 3.20. The summed E-state index contributed by atoms with van der Waals surface area (Å²) in [6.45, 7) is 13.6. The van der Waals surface area contributed by atoms with Crippen molar-refractivity contribution in [3.05, 3.63) is 160 Å². The molecule has 0 saturated heterocycles. The molecule has 0 bridgehead atoms. The number of ether oxygens (including phenoxy) is 2. The molecule has 302 valence electrons. The Kier molecular flexibility index (Phi) is 13.9. The summed E-state index contributed by atoms with van der Waals surface area (Å²) in [6, 6.07) is 41.4. The summed E-state index contributed by atoms with van der Waals surface area (Å²) in [5.41, 5.74) is 7.18. The smallest absolute Gasteiger partial charge is 0.409 e. The summed E-state index contributed by atoms with van der Waals surface area (Å²) in [5.74, 6) is 1.44. The molecular weight excluding hydrogens is 743 g/mol. The fraction of sp³-hybridized carbons (Fsp3) is 0.292. The zero-order chi connectivity index (χ0) is 41.1. The van der Waals surface area contributed by atoms with Crippen LogP contribution in [0.15, 0.2) is 132 Å². The minimum absolute atomic E-state index is 0.00895. The lowest BCUT2D eigenvalue weighted by Gasteiger charge is -2.39. The number of aromatic amines is 1. The highest BCUT2D eigenvalue weighted by molar-refractivity contribution is 6.74. The van der Waals surface area contributed by atoms with Crippen LogP contribution < -0.4 is 25.7 Å². The van der Waals surface area contributed by atoms with E-state index in [4.69, 9.17) is 13.9 Å². The van der Waals surface area contributed by atoms with Gasteiger partial charge in [-0.1, -0.05) is 112 Å². The topological polar surface area (TPSA) is 122 Å². The molecule has 0 aliphatic carbocycles. The average molecular weight is 798 g/mol. The molecule has 58 heavy (non-hydrogen) atoms. The van der Waals surface area contributed by atoms with Crippen LogP contribution in [0.25, 0.3) is 22.0 Å². The van der Waals surface area contributed by atoms with Crippen molar-refractivity contribution in [2.75, 3.05) is 25.0 Å². The van der Waals surface area contributed by atoms with Crippen molar-refractivity contribution in [3.63, 3.8) is 0 Å². The van der Waals surface area contributed by atoms with Crippen LogP contribution >= 0.6 is 0 Å². The molecule has 0 saturated carbocycles. The molecule has 0 radical (unpaired) electrons. The number of aryl methyl sites for hydroxylation is 1. The Morgan fingerprint density at radius 2 is 1.50 bits per heavy atom. The summed E-state index contributed by atoms with van der Waals surface area (Å²) in [6.07, 6.45) is 1.05. The summed E-state index contributed by atoms with van der Waals surface area (Å²) in [5, 5.41) is 16.6. The highest BCUT2D eigenvalue weighted by Crippen LogP contribution is 2.41. The number of benzene rings is 5. The van der Waals surface area contributed by atoms with Crippen molar-refractivity contribution < 1.29 is 23.8 Å². The van der Waals surface area contributed by atoms with E-state index in [1.807, 2.05) is 103 Å². The molecule has 0 spiro atoms. The molecule has 4 N–H and O–H groups in total. The largest absolute Gasteiger partial charge is 0.494 e. The van der Waals surface area contributed by atoms with Gasteiger partial charge in [-0.05, 0) is 102 Å². The maximum Gasteiger partial charge on any atom is 0.409 e. The Hall–Kier alpha value is -5.68. The van der Waals surface area contributed by atoms with Gasteiger partial charge in [-0.2, -0.15) is 0 Å². The first-order valence-corrected chi connectivity index (χ1v) is 22.9. The highest BCUT2D eigenvalue weighted by atomic mass is 28.4. The van der Waals surface area contributed by atoms with Gasteiger partial charge in [0.05, 0.1) is 23.9 Å². The first kappa shape index (κ1) is 41.9. The number of H-pyrrole nitrogens is 1. The molecule has 1 atom stereocenters. The molecule has 1 aromatic heterocycles. The van der Waals surface area contributed by atoms with E-state index in [1.165, 1.54) is 5.56 Å². The number of nitrogens with one attached hydrogen (secondary N) is 3. The van der Waals surface area contributed by atoms with Gasteiger partial charge in [0.25, 0.3) is 0 Å². The van der Waals surface area contributed by atoms with Crippen LogP contribution in [0, 0.1) is 0 Å². The number of carboxylic acid groups (broad SMARTS) is 1. The quantitative estimate of drug-likeness (QED) is 0.0504. The number of pyridine rings is 1. The number of anilines is 1. The van der Waals surface area contributed by atoms with E-state index in [0.29, 0.717) is 36.7 Å². The molecule has 10 heteroatoms. The third kappa shape index (κ3) is 11.2. The molecule has 9 nitrogen and oxygen atoms in total. The van der Waals surface area contributed by atoms with Gasteiger partial charge in [0.2, 0.25) is 5.56 Å². The van der Waals surface area contributed by atoms with Crippen molar-refractivity contribution in [1.82, 2.24) is 10.3 Å². The molecule has 1 amide bonds. The van der Waals surface area contributed by atoms with E-state index in [9.17, 15) is 14.7 Å². The number of amides is 1. The molecule has 1 heterocycles. The second kappa shape index (κ2) is 19.2. The van der Waals surface area contributed by atoms with Crippen molar-refractivity contribution in [2.24, 2.45) is 0 Å². The van der Waals surface area contributed by atoms with Crippen molar-refractivity contribution in [3.8, 4) is 22.6 Å². The van der Waals surface area contributed by atoms with Crippen LogP contribution in [0.4, 0.5) is 10.5 Å². The van der Waals surface area contributed by atoms with Gasteiger partial charge in [-0.15, -0.1) is 0 Å². The van der Waals surface area contributed by atoms with E-state index in [0.717, 1.165) is 64.8 Å². The number of aromatic nitrogens is 1. The van der Waals surface area contributed by atoms with E-state index in [2.05, 4.69) is 67.7 Å². The minimum atomic E-state index is -2.19. The first-order valence-electron chi connectivity index (χ1n) is 20.0. The molecular formula is C48H55N3O6Si. The lowest BCUT2D eigenvalue weighted by atomic mass is 10.00. The summed E-state index contributed by atoms with van der Waals surface area (Å²) in [7, 11) is -2.19. The Bertz CT molecular complexity index is 2320. The molecule has 0 aliphatic heterocycles. The van der Waals surface area contributed by atoms with E-state index < -0.39 is 14.4 Å². The minimum Gasteiger partial charge on any atom is -0.494 e. The van der Waals surface area contributed by atoms with Crippen LogP contribution in [-0.4, -0.2) is 44.2 Å². The standard InChI is InChI=1S/C48H55N3O6Si/c1-48(2,3)58(4,5)57-44(40-24-26-43(46-41(40)25-27-45(52)51-46)56-33-36-13-8-6-9-14-36)32-49-29-28-34-18-21-38(22-19-34)55-30-12-15-35-20-23-39(37-16-10-7-11-17-37)42(31-35)50-47(53)54/h6-11,13-14,16-27,31,44,49-50H,12,15,28-30,32-33H2,1-5H3,(H,51,52)(H,53,54)/t44-/m0/s1. The predicted octanol–water partition coefficient (Wildman–Crippen LogP) is 10.8. The third-order valence-electron chi connectivity index (χ3n) is 10.9. The van der Waals surface area contributed by atoms with Gasteiger partial charge in [0.15, 0.2) is 8.32 Å². The van der Waals surface area contributed by atoms with Crippen LogP contribution in [0.3, 0.4) is 0 Å². The highest BCUT2D eigenvalue weighted by Gasteiger charge is 2.39. The lowest BCUT2D eigenvalue weighted by molar-refractivity contribution is 0.182. The summed E-state index contributed by atoms with van der Waals surface area (Å²) < 4.78 is 19.4. The van der Waals surface area contributed by atoms with Gasteiger partial charge in [-0.3, -0.25) is 10.1 Å². The van der Waals surface area contributed by atoms with Crippen LogP contribution in [0.2, 0.25) is 18.1 Å². The zero-order valence-corrected chi connectivity index (χ0v) is 35.1. The number of fused-ring (bicyclic) bond motifs is 1. The normalized spacial score (nSPS) is 12.3. The maximum absolute atomic E-state index is 12.5. The van der Waals surface area contributed by atoms with E-state index in [-0.39, 0.29) is 16.7 Å². The van der Waals surface area contributed by atoms with Gasteiger partial charge < -0.3 is 29.3 Å². The van der Waals surface area contributed by atoms with Gasteiger partial charge in [0.1, 0.15) is 18.1 Å². The number of rotatable bonds is 18. The van der Waals surface area contributed by atoms with Crippen molar-refractivity contribution in [1.29, 1.82) is 0 Å². The fourth-order valence-corrected chi connectivity index (χ4v) is 7.93. The van der Waals surface area contributed by atoms with E-state index >= 15 is 0 Å². The van der Waals surface area contributed by atoms with E-state index in [1.54, 1.807) is 6.07 Å². The molecule has 0 unspecified atom stereocenters. The maximum atomic E-state index is 12.5. The van der Waals surface area contributed by atoms with Gasteiger partial charge in [-0.25, -0.2) is 4.79 Å². The summed E-state index contributed by atoms with van der Waals surface area (Å²) in [4.78, 5) is 27.1. The number of hydrogen-bond acceptors (Lipinski definition) is 6. The molecule has 6 rings (SSSR count). The Morgan fingerprint density at radius 3 is 2.21 bits per heavy atom. The fourth-order valence-electron chi connectivity index (χ4n) is 6.65. The first-order chi connectivity index (χ1) is 27.9. The second-order valence-corrected chi connectivity index (χ2v) is 20.9. The van der Waals surface area contributed by atoms with Crippen LogP contribution in [0.5, 0.6) is 11.5 Å². The summed E-state index contributed by atoms with van der Waals surface area (Å²) >= 11 is 0. The van der Waals surface area contributed by atoms with Crippen molar-refractivity contribution in [2.45, 2.75) is 70.9 Å². The SMILES string of the molecule is CC(C)(C)[Si](C)(C)O[C@@H](CNCCc1ccc(OCCCc2ccc(-c3ccccc3)c(NC(=O)O)c2)cc1)c1ccc(OCc2ccccc2)c2[nH]c(=O)ccc12. The lowest BCUT2D eigenvalue weighted by Crippen LogP contribution is -2.43.